The van der Waals surface area contributed by atoms with Crippen molar-refractivity contribution < 1.29 is 9.53 Å². The van der Waals surface area contributed by atoms with Crippen LogP contribution in [0.1, 0.15) is 6.92 Å². The number of hydrogen-bond donors (Lipinski definition) is 1. The highest BCUT2D eigenvalue weighted by Gasteiger charge is 2.18. The maximum atomic E-state index is 10.5. The number of nitrogens with two attached hydrogens (primary N) is 1. The SMILES string of the molecule is COC(=O)[C@H](N)[C@@H](C)Cl. The van der Waals surface area contributed by atoms with Crippen molar-refractivity contribution in [3.05, 3.63) is 0 Å². The highest BCUT2D eigenvalue weighted by Crippen LogP contribution is 1.99. The Morgan fingerprint density at radius 3 is 2.33 bits per heavy atom. The van der Waals surface area contributed by atoms with Gasteiger partial charge in [-0.25, -0.2) is 0 Å². The molecule has 0 fully saturated rings. The number of carbonyl (C=O) groups excluding carboxylic acids is 1. The van der Waals surface area contributed by atoms with Crippen LogP contribution in [0.25, 0.3) is 0 Å². The lowest BCUT2D eigenvalue weighted by Crippen LogP contribution is -2.38. The van der Waals surface area contributed by atoms with Crippen molar-refractivity contribution in [3.8, 4) is 0 Å². The molecular formula is C5H10ClNO2. The van der Waals surface area contributed by atoms with Gasteiger partial charge in [0.1, 0.15) is 6.04 Å². The Morgan fingerprint density at radius 2 is 2.22 bits per heavy atom. The molecule has 0 aliphatic carbocycles. The molecule has 0 saturated carbocycles. The van der Waals surface area contributed by atoms with E-state index in [0.717, 1.165) is 0 Å². The van der Waals surface area contributed by atoms with Gasteiger partial charge in [0.2, 0.25) is 0 Å². The minimum Gasteiger partial charge on any atom is -0.468 e. The summed E-state index contributed by atoms with van der Waals surface area (Å²) < 4.78 is 4.32. The molecule has 0 rings (SSSR count). The second-order valence-electron chi connectivity index (χ2n) is 1.73. The Hall–Kier alpha value is -0.280. The molecule has 0 heterocycles. The van der Waals surface area contributed by atoms with Crippen LogP contribution in [0.2, 0.25) is 0 Å². The normalized spacial score (nSPS) is 16.4. The fraction of sp³-hybridized carbons (Fsp3) is 0.800. The van der Waals surface area contributed by atoms with Crippen LogP contribution < -0.4 is 5.73 Å². The van der Waals surface area contributed by atoms with Crippen molar-refractivity contribution in [2.24, 2.45) is 5.73 Å². The number of carbonyl (C=O) groups is 1. The summed E-state index contributed by atoms with van der Waals surface area (Å²) >= 11 is 5.48. The number of halogens is 1. The predicted octanol–water partition coefficient (Wildman–Crippen LogP) is 0.114. The minimum atomic E-state index is -0.711. The monoisotopic (exact) mass is 151 g/mol. The largest absolute Gasteiger partial charge is 0.468 e. The third-order valence-corrected chi connectivity index (χ3v) is 1.24. The van der Waals surface area contributed by atoms with E-state index in [0.29, 0.717) is 0 Å². The average Bonchev–Trinajstić information content (AvgIpc) is 1.84. The fourth-order valence-electron chi connectivity index (χ4n) is 0.324. The fourth-order valence-corrected chi connectivity index (χ4v) is 0.426. The molecule has 2 atom stereocenters. The Kier molecular flexibility index (Phi) is 3.58. The van der Waals surface area contributed by atoms with Crippen LogP contribution >= 0.6 is 11.6 Å². The number of esters is 1. The molecular weight excluding hydrogens is 142 g/mol. The van der Waals surface area contributed by atoms with Crippen molar-refractivity contribution in [1.29, 1.82) is 0 Å². The molecule has 0 saturated heterocycles. The van der Waals surface area contributed by atoms with Gasteiger partial charge in [0.25, 0.3) is 0 Å². The lowest BCUT2D eigenvalue weighted by Gasteiger charge is -2.09. The second kappa shape index (κ2) is 3.69. The van der Waals surface area contributed by atoms with Crippen LogP contribution in [0.15, 0.2) is 0 Å². The molecule has 0 amide bonds. The van der Waals surface area contributed by atoms with Gasteiger partial charge in [-0.05, 0) is 6.92 Å². The number of methoxy groups -OCH3 is 1. The zero-order chi connectivity index (χ0) is 7.44. The highest BCUT2D eigenvalue weighted by molar-refractivity contribution is 6.22. The van der Waals surface area contributed by atoms with Crippen LogP contribution in [0.5, 0.6) is 0 Å². The van der Waals surface area contributed by atoms with Crippen molar-refractivity contribution in [2.75, 3.05) is 7.11 Å². The molecule has 0 aromatic rings. The highest BCUT2D eigenvalue weighted by atomic mass is 35.5. The first kappa shape index (κ1) is 8.72. The average molecular weight is 152 g/mol. The van der Waals surface area contributed by atoms with Gasteiger partial charge in [-0.3, -0.25) is 4.79 Å². The Bertz CT molecular complexity index is 105. The number of rotatable bonds is 2. The van der Waals surface area contributed by atoms with Gasteiger partial charge in [0.05, 0.1) is 12.5 Å². The Labute approximate surface area is 59.1 Å². The quantitative estimate of drug-likeness (QED) is 0.451. The standard InChI is InChI=1S/C5H10ClNO2/c1-3(6)4(7)5(8)9-2/h3-4H,7H2,1-2H3/t3-,4-/m1/s1. The van der Waals surface area contributed by atoms with Gasteiger partial charge in [0, 0.05) is 0 Å². The third kappa shape index (κ3) is 2.67. The number of alkyl halides is 1. The van der Waals surface area contributed by atoms with Crippen LogP contribution in [0.3, 0.4) is 0 Å². The van der Waals surface area contributed by atoms with Crippen molar-refractivity contribution in [1.82, 2.24) is 0 Å². The zero-order valence-corrected chi connectivity index (χ0v) is 6.18. The molecule has 0 aromatic heterocycles. The summed E-state index contributed by atoms with van der Waals surface area (Å²) in [5, 5.41) is -0.377. The van der Waals surface area contributed by atoms with E-state index in [2.05, 4.69) is 4.74 Å². The van der Waals surface area contributed by atoms with Crippen molar-refractivity contribution in [3.63, 3.8) is 0 Å². The van der Waals surface area contributed by atoms with Gasteiger partial charge in [-0.15, -0.1) is 11.6 Å². The van der Waals surface area contributed by atoms with Crippen LogP contribution in [-0.4, -0.2) is 24.5 Å². The van der Waals surface area contributed by atoms with Gasteiger partial charge in [-0.1, -0.05) is 0 Å². The third-order valence-electron chi connectivity index (χ3n) is 0.968. The summed E-state index contributed by atoms with van der Waals surface area (Å²) in [4.78, 5) is 10.5. The van der Waals surface area contributed by atoms with E-state index < -0.39 is 12.0 Å². The van der Waals surface area contributed by atoms with E-state index in [1.165, 1.54) is 7.11 Å². The smallest absolute Gasteiger partial charge is 0.324 e. The summed E-state index contributed by atoms with van der Waals surface area (Å²) in [6.07, 6.45) is 0. The van der Waals surface area contributed by atoms with E-state index >= 15 is 0 Å². The first-order chi connectivity index (χ1) is 4.09. The van der Waals surface area contributed by atoms with Crippen LogP contribution in [0.4, 0.5) is 0 Å². The van der Waals surface area contributed by atoms with Gasteiger partial charge >= 0.3 is 5.97 Å². The second-order valence-corrected chi connectivity index (χ2v) is 2.41. The zero-order valence-electron chi connectivity index (χ0n) is 5.43. The molecule has 0 spiro atoms. The first-order valence-corrected chi connectivity index (χ1v) is 3.00. The van der Waals surface area contributed by atoms with Gasteiger partial charge < -0.3 is 10.5 Å². The molecule has 3 nitrogen and oxygen atoms in total. The predicted molar refractivity (Wildman–Crippen MR) is 35.3 cm³/mol. The Balaban J connectivity index is 3.72. The molecule has 4 heteroatoms. The molecule has 54 valence electrons. The van der Waals surface area contributed by atoms with Gasteiger partial charge in [-0.2, -0.15) is 0 Å². The van der Waals surface area contributed by atoms with Crippen molar-refractivity contribution >= 4 is 17.6 Å². The minimum absolute atomic E-state index is 0.377. The summed E-state index contributed by atoms with van der Waals surface area (Å²) in [5.41, 5.74) is 5.26. The number of hydrogen-bond acceptors (Lipinski definition) is 3. The molecule has 0 bridgehead atoms. The molecule has 0 aromatic carbocycles. The molecule has 0 radical (unpaired) electrons. The van der Waals surface area contributed by atoms with E-state index in [1.54, 1.807) is 6.92 Å². The maximum Gasteiger partial charge on any atom is 0.324 e. The van der Waals surface area contributed by atoms with E-state index in [9.17, 15) is 4.79 Å². The van der Waals surface area contributed by atoms with E-state index in [1.807, 2.05) is 0 Å². The summed E-state index contributed by atoms with van der Waals surface area (Å²) in [5.74, 6) is -0.475. The topological polar surface area (TPSA) is 52.3 Å². The lowest BCUT2D eigenvalue weighted by molar-refractivity contribution is -0.142. The van der Waals surface area contributed by atoms with Crippen LogP contribution in [0, 0.1) is 0 Å². The lowest BCUT2D eigenvalue weighted by atomic mass is 10.2. The summed E-state index contributed by atoms with van der Waals surface area (Å²) in [6.45, 7) is 1.64. The molecule has 0 aliphatic heterocycles. The Morgan fingerprint density at radius 1 is 1.78 bits per heavy atom. The van der Waals surface area contributed by atoms with Crippen molar-refractivity contribution in [2.45, 2.75) is 18.3 Å². The summed E-state index contributed by atoms with van der Waals surface area (Å²) in [7, 11) is 1.28. The van der Waals surface area contributed by atoms with Gasteiger partial charge in [0.15, 0.2) is 0 Å². The molecule has 0 aliphatic rings. The summed E-state index contributed by atoms with van der Waals surface area (Å²) in [6, 6.07) is -0.711. The molecule has 9 heavy (non-hydrogen) atoms. The van der Waals surface area contributed by atoms with E-state index in [4.69, 9.17) is 17.3 Å². The molecule has 2 N–H and O–H groups in total. The molecule has 0 unspecified atom stereocenters. The van der Waals surface area contributed by atoms with Crippen LogP contribution in [-0.2, 0) is 9.53 Å². The maximum absolute atomic E-state index is 10.5. The van der Waals surface area contributed by atoms with E-state index in [-0.39, 0.29) is 5.38 Å². The number of ether oxygens (including phenoxy) is 1. The first-order valence-electron chi connectivity index (χ1n) is 2.57.